The first-order chi connectivity index (χ1) is 13.4. The van der Waals surface area contributed by atoms with Crippen molar-refractivity contribution in [3.8, 4) is 0 Å². The quantitative estimate of drug-likeness (QED) is 0.717. The fraction of sp³-hybridized carbons (Fsp3) is 0.417. The monoisotopic (exact) mass is 380 g/mol. The fourth-order valence-electron chi connectivity index (χ4n) is 3.12. The third-order valence-corrected chi connectivity index (χ3v) is 4.83. The predicted octanol–water partition coefficient (Wildman–Crippen LogP) is 3.91. The molecule has 0 aliphatic rings. The van der Waals surface area contributed by atoms with Gasteiger partial charge in [0, 0.05) is 19.0 Å². The van der Waals surface area contributed by atoms with Crippen LogP contribution in [0.5, 0.6) is 0 Å². The van der Waals surface area contributed by atoms with E-state index in [0.29, 0.717) is 19.4 Å². The Bertz CT molecular complexity index is 754. The van der Waals surface area contributed by atoms with E-state index in [4.69, 9.17) is 0 Å². The van der Waals surface area contributed by atoms with Gasteiger partial charge in [-0.1, -0.05) is 60.2 Å². The number of aryl methyl sites for hydroxylation is 2. The molecule has 4 nitrogen and oxygen atoms in total. The Morgan fingerprint density at radius 2 is 1.50 bits per heavy atom. The molecule has 2 amide bonds. The van der Waals surface area contributed by atoms with Gasteiger partial charge in [0.2, 0.25) is 11.8 Å². The van der Waals surface area contributed by atoms with Crippen molar-refractivity contribution in [1.82, 2.24) is 10.2 Å². The highest BCUT2D eigenvalue weighted by atomic mass is 16.2. The van der Waals surface area contributed by atoms with Crippen LogP contribution in [0.1, 0.15) is 43.9 Å². The zero-order valence-corrected chi connectivity index (χ0v) is 17.4. The average molecular weight is 381 g/mol. The van der Waals surface area contributed by atoms with E-state index in [2.05, 4.69) is 36.5 Å². The number of rotatable bonds is 9. The van der Waals surface area contributed by atoms with Crippen molar-refractivity contribution >= 4 is 11.8 Å². The minimum atomic E-state index is -0.489. The molecule has 1 atom stereocenters. The molecule has 150 valence electrons. The van der Waals surface area contributed by atoms with Crippen molar-refractivity contribution in [2.75, 3.05) is 6.54 Å². The normalized spacial score (nSPS) is 11.9. The van der Waals surface area contributed by atoms with E-state index in [-0.39, 0.29) is 17.9 Å². The number of carbonyl (C=O) groups is 2. The summed E-state index contributed by atoms with van der Waals surface area (Å²) in [7, 11) is 0. The van der Waals surface area contributed by atoms with Gasteiger partial charge < -0.3 is 10.2 Å². The molecule has 1 N–H and O–H groups in total. The van der Waals surface area contributed by atoms with Gasteiger partial charge in [0.05, 0.1) is 0 Å². The molecule has 28 heavy (non-hydrogen) atoms. The largest absolute Gasteiger partial charge is 0.352 e. The van der Waals surface area contributed by atoms with Crippen LogP contribution in [-0.2, 0) is 22.4 Å². The molecule has 4 heteroatoms. The lowest BCUT2D eigenvalue weighted by atomic mass is 10.1. The van der Waals surface area contributed by atoms with Crippen LogP contribution in [0.15, 0.2) is 54.6 Å². The molecule has 0 aliphatic carbocycles. The standard InChI is InChI=1S/C24H32N2O2/c1-18(2)25-24(28)20(4)26(17-16-21-8-6-5-7-9-21)23(27)15-14-22-12-10-19(3)11-13-22/h5-13,18,20H,14-17H2,1-4H3,(H,25,28)/t20-/m0/s1. The maximum atomic E-state index is 13.0. The van der Waals surface area contributed by atoms with Gasteiger partial charge in [-0.05, 0) is 51.7 Å². The molecule has 2 aromatic carbocycles. The molecule has 0 bridgehead atoms. The molecular formula is C24H32N2O2. The Hall–Kier alpha value is -2.62. The summed E-state index contributed by atoms with van der Waals surface area (Å²) in [6.07, 6.45) is 1.81. The minimum absolute atomic E-state index is 0.0166. The van der Waals surface area contributed by atoms with E-state index in [1.807, 2.05) is 51.1 Å². The van der Waals surface area contributed by atoms with Crippen LogP contribution in [0.2, 0.25) is 0 Å². The van der Waals surface area contributed by atoms with E-state index in [1.54, 1.807) is 4.90 Å². The predicted molar refractivity (Wildman–Crippen MR) is 114 cm³/mol. The molecular weight excluding hydrogens is 348 g/mol. The van der Waals surface area contributed by atoms with Gasteiger partial charge in [-0.2, -0.15) is 0 Å². The Morgan fingerprint density at radius 1 is 0.893 bits per heavy atom. The van der Waals surface area contributed by atoms with E-state index < -0.39 is 6.04 Å². The second kappa shape index (κ2) is 10.6. The van der Waals surface area contributed by atoms with Crippen molar-refractivity contribution in [3.63, 3.8) is 0 Å². The molecule has 2 rings (SSSR count). The number of nitrogens with zero attached hydrogens (tertiary/aromatic N) is 1. The van der Waals surface area contributed by atoms with Crippen LogP contribution >= 0.6 is 0 Å². The van der Waals surface area contributed by atoms with Crippen molar-refractivity contribution in [2.45, 2.75) is 59.0 Å². The molecule has 0 unspecified atom stereocenters. The molecule has 0 saturated heterocycles. The molecule has 0 heterocycles. The third kappa shape index (κ3) is 6.84. The van der Waals surface area contributed by atoms with Crippen LogP contribution in [-0.4, -0.2) is 35.3 Å². The molecule has 0 spiro atoms. The lowest BCUT2D eigenvalue weighted by Gasteiger charge is -2.29. The summed E-state index contributed by atoms with van der Waals surface area (Å²) >= 11 is 0. The van der Waals surface area contributed by atoms with Crippen molar-refractivity contribution in [2.24, 2.45) is 0 Å². The Balaban J connectivity index is 2.05. The summed E-state index contributed by atoms with van der Waals surface area (Å²) in [4.78, 5) is 27.2. The highest BCUT2D eigenvalue weighted by Crippen LogP contribution is 2.11. The summed E-state index contributed by atoms with van der Waals surface area (Å²) in [6, 6.07) is 17.9. The maximum Gasteiger partial charge on any atom is 0.242 e. The lowest BCUT2D eigenvalue weighted by Crippen LogP contribution is -2.50. The molecule has 0 fully saturated rings. The Labute approximate surface area is 169 Å². The molecule has 2 aromatic rings. The van der Waals surface area contributed by atoms with Gasteiger partial charge in [0.25, 0.3) is 0 Å². The van der Waals surface area contributed by atoms with Gasteiger partial charge in [0.1, 0.15) is 6.04 Å². The van der Waals surface area contributed by atoms with Crippen LogP contribution in [0.4, 0.5) is 0 Å². The third-order valence-electron chi connectivity index (χ3n) is 4.83. The number of hydrogen-bond acceptors (Lipinski definition) is 2. The number of benzene rings is 2. The van der Waals surface area contributed by atoms with E-state index >= 15 is 0 Å². The van der Waals surface area contributed by atoms with Crippen molar-refractivity contribution < 1.29 is 9.59 Å². The second-order valence-electron chi connectivity index (χ2n) is 7.65. The van der Waals surface area contributed by atoms with Gasteiger partial charge in [-0.15, -0.1) is 0 Å². The average Bonchev–Trinajstić information content (AvgIpc) is 2.67. The van der Waals surface area contributed by atoms with Crippen molar-refractivity contribution in [1.29, 1.82) is 0 Å². The van der Waals surface area contributed by atoms with Crippen LogP contribution < -0.4 is 5.32 Å². The van der Waals surface area contributed by atoms with E-state index in [9.17, 15) is 9.59 Å². The fourth-order valence-corrected chi connectivity index (χ4v) is 3.12. The van der Waals surface area contributed by atoms with Crippen LogP contribution in [0.25, 0.3) is 0 Å². The molecule has 0 radical (unpaired) electrons. The number of nitrogens with one attached hydrogen (secondary N) is 1. The highest BCUT2D eigenvalue weighted by Gasteiger charge is 2.25. The lowest BCUT2D eigenvalue weighted by molar-refractivity contribution is -0.140. The number of carbonyl (C=O) groups excluding carboxylic acids is 2. The molecule has 0 saturated carbocycles. The zero-order chi connectivity index (χ0) is 20.5. The summed E-state index contributed by atoms with van der Waals surface area (Å²) in [6.45, 7) is 8.25. The topological polar surface area (TPSA) is 49.4 Å². The Morgan fingerprint density at radius 3 is 2.11 bits per heavy atom. The number of hydrogen-bond donors (Lipinski definition) is 1. The minimum Gasteiger partial charge on any atom is -0.352 e. The molecule has 0 aliphatic heterocycles. The van der Waals surface area contributed by atoms with E-state index in [0.717, 1.165) is 17.5 Å². The van der Waals surface area contributed by atoms with Crippen LogP contribution in [0, 0.1) is 6.92 Å². The van der Waals surface area contributed by atoms with Gasteiger partial charge >= 0.3 is 0 Å². The molecule has 0 aromatic heterocycles. The SMILES string of the molecule is Cc1ccc(CCC(=O)N(CCc2ccccc2)[C@@H](C)C(=O)NC(C)C)cc1. The maximum absolute atomic E-state index is 13.0. The zero-order valence-electron chi connectivity index (χ0n) is 17.4. The Kier molecular flexibility index (Phi) is 8.24. The van der Waals surface area contributed by atoms with Gasteiger partial charge in [-0.3, -0.25) is 9.59 Å². The highest BCUT2D eigenvalue weighted by molar-refractivity contribution is 5.87. The first kappa shape index (κ1) is 21.7. The smallest absolute Gasteiger partial charge is 0.242 e. The summed E-state index contributed by atoms with van der Waals surface area (Å²) in [5, 5.41) is 2.92. The number of amides is 2. The first-order valence-corrected chi connectivity index (χ1v) is 10.1. The van der Waals surface area contributed by atoms with Crippen LogP contribution in [0.3, 0.4) is 0 Å². The van der Waals surface area contributed by atoms with Gasteiger partial charge in [0.15, 0.2) is 0 Å². The summed E-state index contributed by atoms with van der Waals surface area (Å²) in [5.41, 5.74) is 3.51. The van der Waals surface area contributed by atoms with Crippen molar-refractivity contribution in [3.05, 3.63) is 71.3 Å². The summed E-state index contributed by atoms with van der Waals surface area (Å²) in [5.74, 6) is -0.0883. The second-order valence-corrected chi connectivity index (χ2v) is 7.65. The van der Waals surface area contributed by atoms with Gasteiger partial charge in [-0.25, -0.2) is 0 Å². The first-order valence-electron chi connectivity index (χ1n) is 10.1. The van der Waals surface area contributed by atoms with E-state index in [1.165, 1.54) is 5.56 Å². The summed E-state index contributed by atoms with van der Waals surface area (Å²) < 4.78 is 0.